The largest absolute Gasteiger partial charge is 0.385 e. The summed E-state index contributed by atoms with van der Waals surface area (Å²) in [6.45, 7) is 2.44. The number of carbonyl (C=O) groups is 1. The van der Waals surface area contributed by atoms with E-state index in [1.807, 2.05) is 0 Å². The Labute approximate surface area is 98.7 Å². The minimum Gasteiger partial charge on any atom is -0.385 e. The average molecular weight is 231 g/mol. The quantitative estimate of drug-likeness (QED) is 0.551. The van der Waals surface area contributed by atoms with E-state index in [4.69, 9.17) is 9.47 Å². The van der Waals surface area contributed by atoms with E-state index < -0.39 is 0 Å². The number of nitrogens with one attached hydrogen (secondary N) is 1. The molecular weight excluding hydrogens is 206 g/mol. The maximum atomic E-state index is 10.9. The molecule has 0 rings (SSSR count). The molecule has 0 aliphatic heterocycles. The first kappa shape index (κ1) is 15.4. The van der Waals surface area contributed by atoms with Crippen LogP contribution >= 0.6 is 0 Å². The Kier molecular flexibility index (Phi) is 12.0. The van der Waals surface area contributed by atoms with Gasteiger partial charge in [-0.25, -0.2) is 0 Å². The van der Waals surface area contributed by atoms with E-state index >= 15 is 0 Å². The average Bonchev–Trinajstić information content (AvgIpc) is 2.31. The van der Waals surface area contributed by atoms with Crippen LogP contribution in [0.4, 0.5) is 0 Å². The molecule has 0 saturated heterocycles. The zero-order chi connectivity index (χ0) is 12.1. The zero-order valence-electron chi connectivity index (χ0n) is 10.6. The van der Waals surface area contributed by atoms with Gasteiger partial charge >= 0.3 is 0 Å². The number of methoxy groups -OCH3 is 1. The maximum Gasteiger partial charge on any atom is 0.219 e. The van der Waals surface area contributed by atoms with Gasteiger partial charge in [-0.3, -0.25) is 4.79 Å². The monoisotopic (exact) mass is 231 g/mol. The number of amides is 1. The zero-order valence-corrected chi connectivity index (χ0v) is 10.6. The Balaban J connectivity index is 2.96. The Bertz CT molecular complexity index is 162. The molecular formula is C12H25NO3. The molecule has 0 aliphatic carbocycles. The second kappa shape index (κ2) is 12.5. The van der Waals surface area contributed by atoms with Crippen LogP contribution < -0.4 is 5.32 Å². The summed E-state index contributed by atoms with van der Waals surface area (Å²) in [5.41, 5.74) is 0. The fraction of sp³-hybridized carbons (Fsp3) is 0.917. The van der Waals surface area contributed by atoms with Crippen LogP contribution in [0.5, 0.6) is 0 Å². The summed E-state index contributed by atoms with van der Waals surface area (Å²) < 4.78 is 10.4. The van der Waals surface area contributed by atoms with Crippen molar-refractivity contribution in [2.24, 2.45) is 0 Å². The molecule has 0 saturated carbocycles. The predicted octanol–water partition coefficient (Wildman–Crippen LogP) is 1.74. The number of carbonyl (C=O) groups excluding carboxylic acids is 1. The lowest BCUT2D eigenvalue weighted by molar-refractivity contribution is -0.120. The maximum absolute atomic E-state index is 10.9. The molecule has 0 fully saturated rings. The van der Waals surface area contributed by atoms with Gasteiger partial charge < -0.3 is 14.8 Å². The van der Waals surface area contributed by atoms with Crippen molar-refractivity contribution >= 4 is 5.91 Å². The summed E-state index contributed by atoms with van der Waals surface area (Å²) >= 11 is 0. The SMILES string of the molecule is CNC(=O)CCCCCOCCCCOC. The number of rotatable bonds is 11. The van der Waals surface area contributed by atoms with E-state index in [9.17, 15) is 4.79 Å². The molecule has 0 bridgehead atoms. The minimum absolute atomic E-state index is 0.125. The van der Waals surface area contributed by atoms with Crippen molar-refractivity contribution in [3.8, 4) is 0 Å². The van der Waals surface area contributed by atoms with Crippen LogP contribution in [0.2, 0.25) is 0 Å². The molecule has 0 aromatic rings. The van der Waals surface area contributed by atoms with Gasteiger partial charge in [-0.2, -0.15) is 0 Å². The van der Waals surface area contributed by atoms with Gasteiger partial charge in [0.1, 0.15) is 0 Å². The standard InChI is InChI=1S/C12H25NO3/c1-13-12(14)8-4-3-5-10-16-11-7-6-9-15-2/h3-11H2,1-2H3,(H,13,14). The van der Waals surface area contributed by atoms with Crippen molar-refractivity contribution in [1.29, 1.82) is 0 Å². The van der Waals surface area contributed by atoms with Crippen molar-refractivity contribution in [1.82, 2.24) is 5.32 Å². The number of hydrogen-bond donors (Lipinski definition) is 1. The van der Waals surface area contributed by atoms with Crippen LogP contribution in [0.25, 0.3) is 0 Å². The Morgan fingerprint density at radius 1 is 1.00 bits per heavy atom. The van der Waals surface area contributed by atoms with E-state index in [1.165, 1.54) is 0 Å². The lowest BCUT2D eigenvalue weighted by atomic mass is 10.2. The predicted molar refractivity (Wildman–Crippen MR) is 64.5 cm³/mol. The van der Waals surface area contributed by atoms with Crippen LogP contribution in [0.1, 0.15) is 38.5 Å². The second-order valence-corrected chi connectivity index (χ2v) is 3.80. The number of hydrogen-bond acceptors (Lipinski definition) is 3. The smallest absolute Gasteiger partial charge is 0.219 e. The molecule has 96 valence electrons. The molecule has 0 unspecified atom stereocenters. The second-order valence-electron chi connectivity index (χ2n) is 3.80. The van der Waals surface area contributed by atoms with Gasteiger partial charge in [-0.05, 0) is 25.7 Å². The summed E-state index contributed by atoms with van der Waals surface area (Å²) in [7, 11) is 3.39. The molecule has 4 nitrogen and oxygen atoms in total. The van der Waals surface area contributed by atoms with E-state index in [0.29, 0.717) is 6.42 Å². The summed E-state index contributed by atoms with van der Waals surface area (Å²) in [4.78, 5) is 10.9. The molecule has 0 spiro atoms. The van der Waals surface area contributed by atoms with Crippen LogP contribution in [-0.2, 0) is 14.3 Å². The van der Waals surface area contributed by atoms with Gasteiger partial charge in [0.05, 0.1) is 0 Å². The molecule has 0 radical (unpaired) electrons. The molecule has 0 atom stereocenters. The van der Waals surface area contributed by atoms with Gasteiger partial charge in [0.25, 0.3) is 0 Å². The molecule has 16 heavy (non-hydrogen) atoms. The van der Waals surface area contributed by atoms with Gasteiger partial charge in [-0.15, -0.1) is 0 Å². The third-order valence-electron chi connectivity index (χ3n) is 2.36. The van der Waals surface area contributed by atoms with Crippen LogP contribution in [0.15, 0.2) is 0 Å². The van der Waals surface area contributed by atoms with Crippen molar-refractivity contribution in [3.63, 3.8) is 0 Å². The van der Waals surface area contributed by atoms with E-state index in [0.717, 1.165) is 51.9 Å². The molecule has 1 N–H and O–H groups in total. The third kappa shape index (κ3) is 11.5. The van der Waals surface area contributed by atoms with Crippen molar-refractivity contribution in [2.45, 2.75) is 38.5 Å². The highest BCUT2D eigenvalue weighted by Gasteiger charge is 1.97. The normalized spacial score (nSPS) is 10.4. The first-order chi connectivity index (χ1) is 7.81. The van der Waals surface area contributed by atoms with Gasteiger partial charge in [0.15, 0.2) is 0 Å². The van der Waals surface area contributed by atoms with E-state index in [-0.39, 0.29) is 5.91 Å². The highest BCUT2D eigenvalue weighted by Crippen LogP contribution is 2.00. The summed E-state index contributed by atoms with van der Waals surface area (Å²) in [6.07, 6.45) is 5.81. The Morgan fingerprint density at radius 3 is 2.25 bits per heavy atom. The Hall–Kier alpha value is -0.610. The van der Waals surface area contributed by atoms with Crippen molar-refractivity contribution < 1.29 is 14.3 Å². The van der Waals surface area contributed by atoms with E-state index in [1.54, 1.807) is 14.2 Å². The lowest BCUT2D eigenvalue weighted by Crippen LogP contribution is -2.16. The molecule has 1 amide bonds. The summed E-state index contributed by atoms with van der Waals surface area (Å²) in [5, 5.41) is 2.61. The number of ether oxygens (including phenoxy) is 2. The highest BCUT2D eigenvalue weighted by molar-refractivity contribution is 5.75. The van der Waals surface area contributed by atoms with Crippen molar-refractivity contribution in [3.05, 3.63) is 0 Å². The van der Waals surface area contributed by atoms with Crippen LogP contribution in [0, 0.1) is 0 Å². The molecule has 0 aliphatic rings. The minimum atomic E-state index is 0.125. The third-order valence-corrected chi connectivity index (χ3v) is 2.36. The summed E-state index contributed by atoms with van der Waals surface area (Å²) in [6, 6.07) is 0. The molecule has 0 aromatic carbocycles. The van der Waals surface area contributed by atoms with Gasteiger partial charge in [-0.1, -0.05) is 6.42 Å². The van der Waals surface area contributed by atoms with Gasteiger partial charge in [0, 0.05) is 40.4 Å². The number of unbranched alkanes of at least 4 members (excludes halogenated alkanes) is 3. The molecule has 0 heterocycles. The first-order valence-electron chi connectivity index (χ1n) is 6.08. The van der Waals surface area contributed by atoms with Crippen LogP contribution in [0.3, 0.4) is 0 Å². The van der Waals surface area contributed by atoms with Crippen LogP contribution in [-0.4, -0.2) is 39.9 Å². The van der Waals surface area contributed by atoms with Gasteiger partial charge in [0.2, 0.25) is 5.91 Å². The molecule has 0 aromatic heterocycles. The van der Waals surface area contributed by atoms with Crippen molar-refractivity contribution in [2.75, 3.05) is 34.0 Å². The fourth-order valence-corrected chi connectivity index (χ4v) is 1.34. The highest BCUT2D eigenvalue weighted by atomic mass is 16.5. The van der Waals surface area contributed by atoms with E-state index in [2.05, 4.69) is 5.32 Å². The Morgan fingerprint density at radius 2 is 1.62 bits per heavy atom. The fourth-order valence-electron chi connectivity index (χ4n) is 1.34. The first-order valence-corrected chi connectivity index (χ1v) is 6.08. The lowest BCUT2D eigenvalue weighted by Gasteiger charge is -2.04. The topological polar surface area (TPSA) is 47.6 Å². The summed E-state index contributed by atoms with van der Waals surface area (Å²) in [5.74, 6) is 0.125. The molecule has 4 heteroatoms.